The Morgan fingerprint density at radius 1 is 1.00 bits per heavy atom. The lowest BCUT2D eigenvalue weighted by Crippen LogP contribution is -2.01. The largest absolute Gasteiger partial charge is 0.493 e. The number of rotatable bonds is 9. The molecule has 2 aromatic carbocycles. The molecule has 3 heteroatoms. The summed E-state index contributed by atoms with van der Waals surface area (Å²) in [5.74, 6) is 0.860. The van der Waals surface area contributed by atoms with Crippen LogP contribution in [0.4, 0.5) is 11.4 Å². The van der Waals surface area contributed by atoms with E-state index in [1.807, 2.05) is 55.5 Å². The molecule has 0 bridgehead atoms. The van der Waals surface area contributed by atoms with Crippen molar-refractivity contribution < 1.29 is 4.74 Å². The van der Waals surface area contributed by atoms with E-state index in [1.165, 1.54) is 5.57 Å². The van der Waals surface area contributed by atoms with Gasteiger partial charge in [-0.25, -0.2) is 0 Å². The van der Waals surface area contributed by atoms with Gasteiger partial charge in [0.05, 0.1) is 6.61 Å². The van der Waals surface area contributed by atoms with Gasteiger partial charge in [-0.05, 0) is 55.2 Å². The van der Waals surface area contributed by atoms with Gasteiger partial charge in [0.1, 0.15) is 5.75 Å². The Morgan fingerprint density at radius 3 is 2.54 bits per heavy atom. The van der Waals surface area contributed by atoms with E-state index in [0.717, 1.165) is 53.3 Å². The van der Waals surface area contributed by atoms with E-state index < -0.39 is 0 Å². The molecule has 0 atom stereocenters. The number of anilines is 2. The first-order chi connectivity index (χ1) is 13.6. The average Bonchev–Trinajstić information content (AvgIpc) is 2.69. The van der Waals surface area contributed by atoms with E-state index in [2.05, 4.69) is 42.0 Å². The van der Waals surface area contributed by atoms with Crippen LogP contribution in [0, 0.1) is 0 Å². The standard InChI is InChI=1S/C25H28N2O/c1-19(2)26-23-14-12-22(13-15-23)20(3)27-24-10-7-11-25(18-24)28-17-16-21-8-5-4-6-9-21/h5,7-15,18,26-27H,1,3-4,6,16-17H2,2H3. The van der Waals surface area contributed by atoms with Crippen LogP contribution < -0.4 is 15.4 Å². The molecule has 0 aromatic heterocycles. The van der Waals surface area contributed by atoms with Crippen molar-refractivity contribution in [3.05, 3.63) is 96.8 Å². The Bertz CT molecular complexity index is 891. The van der Waals surface area contributed by atoms with Crippen LogP contribution in [0.1, 0.15) is 31.7 Å². The second-order valence-electron chi connectivity index (χ2n) is 6.97. The molecule has 1 aliphatic rings. The van der Waals surface area contributed by atoms with Crippen LogP contribution in [0.25, 0.3) is 5.70 Å². The topological polar surface area (TPSA) is 33.3 Å². The zero-order chi connectivity index (χ0) is 19.8. The van der Waals surface area contributed by atoms with Crippen molar-refractivity contribution in [3.63, 3.8) is 0 Å². The van der Waals surface area contributed by atoms with Crippen LogP contribution in [0.2, 0.25) is 0 Å². The molecule has 2 aromatic rings. The summed E-state index contributed by atoms with van der Waals surface area (Å²) in [6.07, 6.45) is 9.94. The number of ether oxygens (including phenoxy) is 1. The van der Waals surface area contributed by atoms with Crippen molar-refractivity contribution in [1.29, 1.82) is 0 Å². The monoisotopic (exact) mass is 372 g/mol. The Hall–Kier alpha value is -3.20. The van der Waals surface area contributed by atoms with Crippen molar-refractivity contribution >= 4 is 17.1 Å². The molecular formula is C25H28N2O. The van der Waals surface area contributed by atoms with Crippen LogP contribution in [0.3, 0.4) is 0 Å². The normalized spacial score (nSPS) is 12.8. The van der Waals surface area contributed by atoms with Crippen LogP contribution in [-0.2, 0) is 0 Å². The van der Waals surface area contributed by atoms with E-state index in [0.29, 0.717) is 6.61 Å². The maximum absolute atomic E-state index is 5.93. The highest BCUT2D eigenvalue weighted by Crippen LogP contribution is 2.23. The third-order valence-electron chi connectivity index (χ3n) is 4.45. The molecule has 0 unspecified atom stereocenters. The molecule has 0 radical (unpaired) electrons. The second kappa shape index (κ2) is 9.65. The van der Waals surface area contributed by atoms with Crippen molar-refractivity contribution in [2.45, 2.75) is 26.2 Å². The van der Waals surface area contributed by atoms with Crippen LogP contribution in [-0.4, -0.2) is 6.61 Å². The molecule has 3 rings (SSSR count). The molecular weight excluding hydrogens is 344 g/mol. The molecule has 2 N–H and O–H groups in total. The van der Waals surface area contributed by atoms with Gasteiger partial charge < -0.3 is 15.4 Å². The van der Waals surface area contributed by atoms with Crippen molar-refractivity contribution in [1.82, 2.24) is 0 Å². The predicted octanol–water partition coefficient (Wildman–Crippen LogP) is 6.76. The lowest BCUT2D eigenvalue weighted by molar-refractivity contribution is 0.322. The van der Waals surface area contributed by atoms with Gasteiger partial charge in [-0.3, -0.25) is 0 Å². The first-order valence-electron chi connectivity index (χ1n) is 9.67. The summed E-state index contributed by atoms with van der Waals surface area (Å²) < 4.78 is 5.93. The summed E-state index contributed by atoms with van der Waals surface area (Å²) in [5.41, 5.74) is 6.13. The van der Waals surface area contributed by atoms with Gasteiger partial charge in [0.15, 0.2) is 0 Å². The SMILES string of the molecule is C=C(C)Nc1ccc(C(=C)Nc2cccc(OCCC3=CCCC=C3)c2)cc1. The fourth-order valence-electron chi connectivity index (χ4n) is 3.05. The van der Waals surface area contributed by atoms with E-state index in [-0.39, 0.29) is 0 Å². The van der Waals surface area contributed by atoms with Crippen molar-refractivity contribution in [2.75, 3.05) is 17.2 Å². The molecule has 3 nitrogen and oxygen atoms in total. The van der Waals surface area contributed by atoms with Crippen molar-refractivity contribution in [2.24, 2.45) is 0 Å². The minimum atomic E-state index is 0.678. The second-order valence-corrected chi connectivity index (χ2v) is 6.97. The van der Waals surface area contributed by atoms with Gasteiger partial charge in [-0.1, -0.05) is 49.6 Å². The quantitative estimate of drug-likeness (QED) is 0.510. The third-order valence-corrected chi connectivity index (χ3v) is 4.45. The number of nitrogens with one attached hydrogen (secondary N) is 2. The minimum Gasteiger partial charge on any atom is -0.493 e. The average molecular weight is 373 g/mol. The van der Waals surface area contributed by atoms with Crippen LogP contribution in [0.5, 0.6) is 5.75 Å². The van der Waals surface area contributed by atoms with Gasteiger partial charge in [0.2, 0.25) is 0 Å². The first-order valence-corrected chi connectivity index (χ1v) is 9.67. The summed E-state index contributed by atoms with van der Waals surface area (Å²) in [4.78, 5) is 0. The van der Waals surface area contributed by atoms with E-state index >= 15 is 0 Å². The fourth-order valence-corrected chi connectivity index (χ4v) is 3.05. The number of hydrogen-bond acceptors (Lipinski definition) is 3. The number of allylic oxidation sites excluding steroid dienone is 4. The highest BCUT2D eigenvalue weighted by Gasteiger charge is 2.03. The highest BCUT2D eigenvalue weighted by atomic mass is 16.5. The lowest BCUT2D eigenvalue weighted by atomic mass is 10.1. The molecule has 0 saturated heterocycles. The molecule has 0 spiro atoms. The van der Waals surface area contributed by atoms with Crippen LogP contribution in [0.15, 0.2) is 91.2 Å². The molecule has 0 aliphatic heterocycles. The summed E-state index contributed by atoms with van der Waals surface area (Å²) >= 11 is 0. The number of hydrogen-bond donors (Lipinski definition) is 2. The Kier molecular flexibility index (Phi) is 6.74. The van der Waals surface area contributed by atoms with Gasteiger partial charge >= 0.3 is 0 Å². The minimum absolute atomic E-state index is 0.678. The third kappa shape index (κ3) is 5.92. The molecule has 0 heterocycles. The lowest BCUT2D eigenvalue weighted by Gasteiger charge is -2.13. The molecule has 1 aliphatic carbocycles. The zero-order valence-corrected chi connectivity index (χ0v) is 16.5. The number of benzene rings is 2. The Labute approximate surface area is 168 Å². The highest BCUT2D eigenvalue weighted by molar-refractivity contribution is 5.76. The maximum atomic E-state index is 5.93. The van der Waals surface area contributed by atoms with Gasteiger partial charge in [0.25, 0.3) is 0 Å². The molecule has 0 amide bonds. The van der Waals surface area contributed by atoms with Gasteiger partial charge in [0, 0.05) is 35.3 Å². The summed E-state index contributed by atoms with van der Waals surface area (Å²) in [7, 11) is 0. The van der Waals surface area contributed by atoms with Crippen LogP contribution >= 0.6 is 0 Å². The summed E-state index contributed by atoms with van der Waals surface area (Å²) in [5, 5.41) is 6.57. The smallest absolute Gasteiger partial charge is 0.121 e. The molecule has 0 fully saturated rings. The molecule has 28 heavy (non-hydrogen) atoms. The summed E-state index contributed by atoms with van der Waals surface area (Å²) in [6, 6.07) is 16.1. The van der Waals surface area contributed by atoms with E-state index in [9.17, 15) is 0 Å². The van der Waals surface area contributed by atoms with Gasteiger partial charge in [-0.2, -0.15) is 0 Å². The predicted molar refractivity (Wildman–Crippen MR) is 121 cm³/mol. The first kappa shape index (κ1) is 19.6. The molecule has 0 saturated carbocycles. The maximum Gasteiger partial charge on any atom is 0.121 e. The summed E-state index contributed by atoms with van der Waals surface area (Å²) in [6.45, 7) is 10.6. The van der Waals surface area contributed by atoms with E-state index in [4.69, 9.17) is 4.74 Å². The van der Waals surface area contributed by atoms with Gasteiger partial charge in [-0.15, -0.1) is 0 Å². The molecule has 144 valence electrons. The Morgan fingerprint density at radius 2 is 1.82 bits per heavy atom. The van der Waals surface area contributed by atoms with E-state index in [1.54, 1.807) is 0 Å². The zero-order valence-electron chi connectivity index (χ0n) is 16.5. The Balaban J connectivity index is 1.54. The fraction of sp³-hybridized carbons (Fsp3) is 0.200. The van der Waals surface area contributed by atoms with Crippen molar-refractivity contribution in [3.8, 4) is 5.75 Å².